The lowest BCUT2D eigenvalue weighted by atomic mass is 10.1. The molecule has 0 aliphatic heterocycles. The van der Waals surface area contributed by atoms with Crippen LogP contribution >= 0.6 is 0 Å². The van der Waals surface area contributed by atoms with Crippen LogP contribution in [0.5, 0.6) is 5.88 Å². The van der Waals surface area contributed by atoms with Crippen LogP contribution in [0.25, 0.3) is 0 Å². The lowest BCUT2D eigenvalue weighted by Gasteiger charge is -2.09. The standard InChI is InChI=1S/C9H8F3NO3/c1-16-6-2-4(10)8(9(11)12)5(13-6)3-7(14)15/h2,9H,3H2,1H3,(H,14,15). The molecule has 16 heavy (non-hydrogen) atoms. The molecule has 0 atom stereocenters. The monoisotopic (exact) mass is 235 g/mol. The Morgan fingerprint density at radius 2 is 2.25 bits per heavy atom. The van der Waals surface area contributed by atoms with E-state index in [0.29, 0.717) is 6.07 Å². The summed E-state index contributed by atoms with van der Waals surface area (Å²) in [7, 11) is 1.17. The van der Waals surface area contributed by atoms with Crippen LogP contribution in [0.2, 0.25) is 0 Å². The molecule has 0 unspecified atom stereocenters. The molecule has 0 saturated carbocycles. The van der Waals surface area contributed by atoms with E-state index >= 15 is 0 Å². The summed E-state index contributed by atoms with van der Waals surface area (Å²) < 4.78 is 42.7. The van der Waals surface area contributed by atoms with Crippen LogP contribution < -0.4 is 4.74 Å². The van der Waals surface area contributed by atoms with Crippen LogP contribution in [-0.4, -0.2) is 23.2 Å². The van der Waals surface area contributed by atoms with E-state index in [1.165, 1.54) is 7.11 Å². The molecule has 0 aliphatic carbocycles. The number of methoxy groups -OCH3 is 1. The first-order chi connectivity index (χ1) is 7.45. The van der Waals surface area contributed by atoms with Crippen LogP contribution in [0, 0.1) is 5.82 Å². The Kier molecular flexibility index (Phi) is 3.70. The maximum absolute atomic E-state index is 13.2. The van der Waals surface area contributed by atoms with E-state index in [9.17, 15) is 18.0 Å². The molecule has 0 bridgehead atoms. The Morgan fingerprint density at radius 3 is 2.69 bits per heavy atom. The molecular weight excluding hydrogens is 227 g/mol. The minimum atomic E-state index is -3.12. The number of rotatable bonds is 4. The van der Waals surface area contributed by atoms with Gasteiger partial charge >= 0.3 is 5.97 Å². The quantitative estimate of drug-likeness (QED) is 0.864. The molecule has 0 amide bonds. The van der Waals surface area contributed by atoms with Crippen LogP contribution in [0.3, 0.4) is 0 Å². The summed E-state index contributed by atoms with van der Waals surface area (Å²) >= 11 is 0. The van der Waals surface area contributed by atoms with Gasteiger partial charge in [0.15, 0.2) is 0 Å². The molecule has 1 heterocycles. The van der Waals surface area contributed by atoms with Gasteiger partial charge in [0.25, 0.3) is 6.43 Å². The molecule has 0 radical (unpaired) electrons. The van der Waals surface area contributed by atoms with E-state index < -0.39 is 35.9 Å². The van der Waals surface area contributed by atoms with Crippen LogP contribution in [0.15, 0.2) is 6.07 Å². The van der Waals surface area contributed by atoms with E-state index in [1.807, 2.05) is 0 Å². The number of ether oxygens (including phenoxy) is 1. The van der Waals surface area contributed by atoms with Crippen molar-refractivity contribution in [2.75, 3.05) is 7.11 Å². The molecule has 88 valence electrons. The van der Waals surface area contributed by atoms with E-state index in [-0.39, 0.29) is 5.88 Å². The Bertz CT molecular complexity index is 409. The Hall–Kier alpha value is -1.79. The summed E-state index contributed by atoms with van der Waals surface area (Å²) in [5, 5.41) is 8.48. The first-order valence-electron chi connectivity index (χ1n) is 4.19. The number of alkyl halides is 2. The zero-order valence-electron chi connectivity index (χ0n) is 8.21. The highest BCUT2D eigenvalue weighted by molar-refractivity contribution is 5.70. The number of carboxylic acid groups (broad SMARTS) is 1. The molecule has 1 rings (SSSR count). The summed E-state index contributed by atoms with van der Waals surface area (Å²) in [6, 6.07) is 0.687. The minimum Gasteiger partial charge on any atom is -0.481 e. The van der Waals surface area contributed by atoms with Gasteiger partial charge in [0, 0.05) is 6.07 Å². The van der Waals surface area contributed by atoms with Crippen LogP contribution in [0.1, 0.15) is 17.7 Å². The smallest absolute Gasteiger partial charge is 0.309 e. The van der Waals surface area contributed by atoms with Crippen LogP contribution in [0.4, 0.5) is 13.2 Å². The third-order valence-electron chi connectivity index (χ3n) is 1.81. The van der Waals surface area contributed by atoms with Crippen molar-refractivity contribution in [1.29, 1.82) is 0 Å². The molecule has 7 heteroatoms. The van der Waals surface area contributed by atoms with Gasteiger partial charge in [0.2, 0.25) is 5.88 Å². The maximum Gasteiger partial charge on any atom is 0.309 e. The Balaban J connectivity index is 3.28. The fraction of sp³-hybridized carbons (Fsp3) is 0.333. The van der Waals surface area contributed by atoms with Crippen molar-refractivity contribution in [2.24, 2.45) is 0 Å². The second kappa shape index (κ2) is 4.82. The first kappa shape index (κ1) is 12.3. The van der Waals surface area contributed by atoms with Crippen molar-refractivity contribution in [2.45, 2.75) is 12.8 Å². The number of hydrogen-bond donors (Lipinski definition) is 1. The number of aliphatic carboxylic acids is 1. The van der Waals surface area contributed by atoms with Crippen molar-refractivity contribution in [3.8, 4) is 5.88 Å². The second-order valence-electron chi connectivity index (χ2n) is 2.88. The first-order valence-corrected chi connectivity index (χ1v) is 4.19. The lowest BCUT2D eigenvalue weighted by Crippen LogP contribution is -2.09. The third-order valence-corrected chi connectivity index (χ3v) is 1.81. The molecule has 0 spiro atoms. The normalized spacial score (nSPS) is 10.6. The summed E-state index contributed by atoms with van der Waals surface area (Å²) in [6.45, 7) is 0. The van der Waals surface area contributed by atoms with Gasteiger partial charge in [-0.15, -0.1) is 0 Å². The molecule has 0 aliphatic rings. The number of aromatic nitrogens is 1. The fourth-order valence-corrected chi connectivity index (χ4v) is 1.16. The molecule has 1 N–H and O–H groups in total. The highest BCUT2D eigenvalue weighted by Gasteiger charge is 2.22. The van der Waals surface area contributed by atoms with E-state index in [1.54, 1.807) is 0 Å². The Morgan fingerprint density at radius 1 is 1.62 bits per heavy atom. The number of halogens is 3. The van der Waals surface area contributed by atoms with Gasteiger partial charge in [0.1, 0.15) is 5.82 Å². The SMILES string of the molecule is COc1cc(F)c(C(F)F)c(CC(=O)O)n1. The number of carbonyl (C=O) groups is 1. The molecule has 1 aromatic rings. The maximum atomic E-state index is 13.2. The van der Waals surface area contributed by atoms with E-state index in [0.717, 1.165) is 0 Å². The van der Waals surface area contributed by atoms with Crippen molar-refractivity contribution in [3.63, 3.8) is 0 Å². The van der Waals surface area contributed by atoms with Crippen molar-refractivity contribution in [1.82, 2.24) is 4.98 Å². The average molecular weight is 235 g/mol. The molecule has 0 fully saturated rings. The highest BCUT2D eigenvalue weighted by atomic mass is 19.3. The van der Waals surface area contributed by atoms with E-state index in [2.05, 4.69) is 9.72 Å². The summed E-state index contributed by atoms with van der Waals surface area (Å²) in [5.41, 5.74) is -1.53. The highest BCUT2D eigenvalue weighted by Crippen LogP contribution is 2.27. The summed E-state index contributed by atoms with van der Waals surface area (Å²) in [4.78, 5) is 13.9. The van der Waals surface area contributed by atoms with Gasteiger partial charge in [-0.05, 0) is 0 Å². The van der Waals surface area contributed by atoms with Crippen molar-refractivity contribution in [3.05, 3.63) is 23.1 Å². The van der Waals surface area contributed by atoms with Gasteiger partial charge in [-0.3, -0.25) is 4.79 Å². The topological polar surface area (TPSA) is 59.4 Å². The van der Waals surface area contributed by atoms with Gasteiger partial charge in [-0.25, -0.2) is 18.2 Å². The van der Waals surface area contributed by atoms with Crippen LogP contribution in [-0.2, 0) is 11.2 Å². The molecule has 0 saturated heterocycles. The summed E-state index contributed by atoms with van der Waals surface area (Å²) in [5.74, 6) is -2.83. The molecule has 4 nitrogen and oxygen atoms in total. The van der Waals surface area contributed by atoms with Gasteiger partial charge in [-0.2, -0.15) is 0 Å². The molecular formula is C9H8F3NO3. The zero-order valence-corrected chi connectivity index (χ0v) is 8.21. The second-order valence-corrected chi connectivity index (χ2v) is 2.88. The van der Waals surface area contributed by atoms with Crippen molar-refractivity contribution >= 4 is 5.97 Å². The van der Waals surface area contributed by atoms with Crippen molar-refractivity contribution < 1.29 is 27.8 Å². The Labute approximate surface area is 88.7 Å². The number of pyridine rings is 1. The largest absolute Gasteiger partial charge is 0.481 e. The third kappa shape index (κ3) is 2.62. The fourth-order valence-electron chi connectivity index (χ4n) is 1.16. The molecule has 1 aromatic heterocycles. The lowest BCUT2D eigenvalue weighted by molar-refractivity contribution is -0.136. The predicted molar refractivity (Wildman–Crippen MR) is 47.0 cm³/mol. The van der Waals surface area contributed by atoms with Gasteiger partial charge in [-0.1, -0.05) is 0 Å². The summed E-state index contributed by atoms with van der Waals surface area (Å²) in [6.07, 6.45) is -3.90. The predicted octanol–water partition coefficient (Wildman–Crippen LogP) is 1.79. The van der Waals surface area contributed by atoms with Gasteiger partial charge in [0.05, 0.1) is 24.8 Å². The molecule has 0 aromatic carbocycles. The number of carboxylic acids is 1. The number of hydrogen-bond acceptors (Lipinski definition) is 3. The zero-order chi connectivity index (χ0) is 12.3. The average Bonchev–Trinajstić information content (AvgIpc) is 2.14. The van der Waals surface area contributed by atoms with E-state index in [4.69, 9.17) is 5.11 Å². The van der Waals surface area contributed by atoms with Gasteiger partial charge < -0.3 is 9.84 Å². The number of nitrogens with zero attached hydrogens (tertiary/aromatic N) is 1. The minimum absolute atomic E-state index is 0.238.